The summed E-state index contributed by atoms with van der Waals surface area (Å²) in [5, 5.41) is 5.78. The van der Waals surface area contributed by atoms with Crippen LogP contribution in [0.25, 0.3) is 0 Å². The first-order valence-corrected chi connectivity index (χ1v) is 13.1. The minimum Gasteiger partial charge on any atom is -0.373 e. The highest BCUT2D eigenvalue weighted by Gasteiger charge is 2.32. The Bertz CT molecular complexity index is 1110. The minimum atomic E-state index is -3.70. The topological polar surface area (TPSA) is 105 Å². The third kappa shape index (κ3) is 6.02. The van der Waals surface area contributed by atoms with Crippen LogP contribution in [0, 0.1) is 0 Å². The average molecular weight is 486 g/mol. The maximum Gasteiger partial charge on any atom is 0.251 e. The van der Waals surface area contributed by atoms with Crippen LogP contribution in [0.2, 0.25) is 0 Å². The van der Waals surface area contributed by atoms with E-state index in [4.69, 9.17) is 4.74 Å². The summed E-state index contributed by atoms with van der Waals surface area (Å²) in [6, 6.07) is 14.8. The van der Waals surface area contributed by atoms with Crippen molar-refractivity contribution in [1.29, 1.82) is 0 Å². The second kappa shape index (κ2) is 10.2. The van der Waals surface area contributed by atoms with E-state index in [0.717, 1.165) is 18.4 Å². The molecule has 0 radical (unpaired) electrons. The molecular weight excluding hydrogens is 454 g/mol. The number of carbonyl (C=O) groups is 2. The highest BCUT2D eigenvalue weighted by atomic mass is 32.2. The highest BCUT2D eigenvalue weighted by Crippen LogP contribution is 2.22. The van der Waals surface area contributed by atoms with Crippen LogP contribution >= 0.6 is 0 Å². The van der Waals surface area contributed by atoms with Gasteiger partial charge in [-0.15, -0.1) is 0 Å². The van der Waals surface area contributed by atoms with Gasteiger partial charge in [-0.25, -0.2) is 8.42 Å². The van der Waals surface area contributed by atoms with Gasteiger partial charge in [-0.05, 0) is 56.5 Å². The summed E-state index contributed by atoms with van der Waals surface area (Å²) in [7, 11) is -3.70. The standard InChI is InChI=1S/C25H31N3O5S/c1-17-15-28(16-18(2)33-17)34(31,32)22-12-8-20(9-13-22)24(29)27-23(25(30)26-21-10-11-21)14-19-6-4-3-5-7-19/h3-9,12-13,17-18,21,23H,10-11,14-16H2,1-2H3,(H,26,30)(H,27,29). The summed E-state index contributed by atoms with van der Waals surface area (Å²) in [5.41, 5.74) is 1.23. The molecule has 0 bridgehead atoms. The predicted octanol–water partition coefficient (Wildman–Crippen LogP) is 2.10. The van der Waals surface area contributed by atoms with E-state index in [1.165, 1.54) is 28.6 Å². The van der Waals surface area contributed by atoms with Crippen LogP contribution in [-0.2, 0) is 26.0 Å². The Kier molecular flexibility index (Phi) is 7.35. The Balaban J connectivity index is 1.46. The van der Waals surface area contributed by atoms with Crippen molar-refractivity contribution in [2.45, 2.75) is 62.3 Å². The molecule has 8 nitrogen and oxygen atoms in total. The number of benzene rings is 2. The summed E-state index contributed by atoms with van der Waals surface area (Å²) >= 11 is 0. The number of hydrogen-bond donors (Lipinski definition) is 2. The number of hydrogen-bond acceptors (Lipinski definition) is 5. The summed E-state index contributed by atoms with van der Waals surface area (Å²) in [6.07, 6.45) is 1.90. The van der Waals surface area contributed by atoms with Crippen LogP contribution in [0.3, 0.4) is 0 Å². The van der Waals surface area contributed by atoms with Gasteiger partial charge in [-0.2, -0.15) is 4.31 Å². The Morgan fingerprint density at radius 1 is 1.00 bits per heavy atom. The van der Waals surface area contributed by atoms with Crippen molar-refractivity contribution < 1.29 is 22.7 Å². The smallest absolute Gasteiger partial charge is 0.251 e. The van der Waals surface area contributed by atoms with Crippen LogP contribution in [0.5, 0.6) is 0 Å². The third-order valence-electron chi connectivity index (χ3n) is 5.97. The van der Waals surface area contributed by atoms with Crippen molar-refractivity contribution in [3.8, 4) is 0 Å². The predicted molar refractivity (Wildman–Crippen MR) is 128 cm³/mol. The first kappa shape index (κ1) is 24.4. The van der Waals surface area contributed by atoms with Gasteiger partial charge in [0.05, 0.1) is 17.1 Å². The van der Waals surface area contributed by atoms with E-state index in [2.05, 4.69) is 10.6 Å². The lowest BCUT2D eigenvalue weighted by molar-refractivity contribution is -0.123. The second-order valence-corrected chi connectivity index (χ2v) is 11.0. The van der Waals surface area contributed by atoms with Gasteiger partial charge in [0, 0.05) is 31.1 Å². The van der Waals surface area contributed by atoms with Crippen molar-refractivity contribution in [2.75, 3.05) is 13.1 Å². The summed E-state index contributed by atoms with van der Waals surface area (Å²) < 4.78 is 33.2. The van der Waals surface area contributed by atoms with Gasteiger partial charge >= 0.3 is 0 Å². The lowest BCUT2D eigenvalue weighted by Crippen LogP contribution is -2.48. The third-order valence-corrected chi connectivity index (χ3v) is 7.81. The molecule has 2 amide bonds. The van der Waals surface area contributed by atoms with Gasteiger partial charge in [0.1, 0.15) is 6.04 Å². The molecule has 34 heavy (non-hydrogen) atoms. The van der Waals surface area contributed by atoms with Gasteiger partial charge in [0.15, 0.2) is 0 Å². The largest absolute Gasteiger partial charge is 0.373 e. The summed E-state index contributed by atoms with van der Waals surface area (Å²) in [6.45, 7) is 4.26. The fourth-order valence-electron chi connectivity index (χ4n) is 4.08. The molecule has 2 aromatic rings. The Morgan fingerprint density at radius 3 is 2.21 bits per heavy atom. The van der Waals surface area contributed by atoms with Crippen LogP contribution in [0.1, 0.15) is 42.6 Å². The molecule has 1 heterocycles. The lowest BCUT2D eigenvalue weighted by Gasteiger charge is -2.34. The number of nitrogens with zero attached hydrogens (tertiary/aromatic N) is 1. The molecule has 3 atom stereocenters. The van der Waals surface area contributed by atoms with E-state index in [1.807, 2.05) is 44.2 Å². The molecule has 0 aromatic heterocycles. The zero-order valence-electron chi connectivity index (χ0n) is 19.4. The Morgan fingerprint density at radius 2 is 1.62 bits per heavy atom. The van der Waals surface area contributed by atoms with Crippen LogP contribution < -0.4 is 10.6 Å². The number of carbonyl (C=O) groups excluding carboxylic acids is 2. The van der Waals surface area contributed by atoms with E-state index in [0.29, 0.717) is 12.0 Å². The maximum absolute atomic E-state index is 13.1. The fourth-order valence-corrected chi connectivity index (χ4v) is 5.67. The molecule has 182 valence electrons. The molecule has 0 spiro atoms. The van der Waals surface area contributed by atoms with Crippen LogP contribution in [-0.4, -0.2) is 61.9 Å². The number of nitrogens with one attached hydrogen (secondary N) is 2. The SMILES string of the molecule is CC1CN(S(=O)(=O)c2ccc(C(=O)NC(Cc3ccccc3)C(=O)NC3CC3)cc2)CC(C)O1. The molecule has 2 aromatic carbocycles. The molecule has 4 rings (SSSR count). The van der Waals surface area contributed by atoms with Crippen molar-refractivity contribution in [3.63, 3.8) is 0 Å². The van der Waals surface area contributed by atoms with Crippen molar-refractivity contribution in [1.82, 2.24) is 14.9 Å². The minimum absolute atomic E-state index is 0.123. The second-order valence-electron chi connectivity index (χ2n) is 9.10. The maximum atomic E-state index is 13.1. The molecule has 1 saturated carbocycles. The van der Waals surface area contributed by atoms with Gasteiger partial charge in [0.2, 0.25) is 15.9 Å². The molecular formula is C25H31N3O5S. The van der Waals surface area contributed by atoms with E-state index in [1.54, 1.807) is 0 Å². The number of sulfonamides is 1. The highest BCUT2D eigenvalue weighted by molar-refractivity contribution is 7.89. The molecule has 2 fully saturated rings. The Labute approximate surface area is 200 Å². The summed E-state index contributed by atoms with van der Waals surface area (Å²) in [4.78, 5) is 25.8. The van der Waals surface area contributed by atoms with Crippen molar-refractivity contribution >= 4 is 21.8 Å². The molecule has 1 aliphatic carbocycles. The molecule has 2 N–H and O–H groups in total. The van der Waals surface area contributed by atoms with Gasteiger partial charge in [-0.3, -0.25) is 9.59 Å². The number of amides is 2. The average Bonchev–Trinajstić information content (AvgIpc) is 3.62. The molecule has 3 unspecified atom stereocenters. The molecule has 2 aliphatic rings. The normalized spacial score (nSPS) is 22.1. The molecule has 1 saturated heterocycles. The summed E-state index contributed by atoms with van der Waals surface area (Å²) in [5.74, 6) is -0.640. The Hall–Kier alpha value is -2.75. The first-order chi connectivity index (χ1) is 16.2. The van der Waals surface area contributed by atoms with Crippen LogP contribution in [0.4, 0.5) is 0 Å². The van der Waals surface area contributed by atoms with Crippen molar-refractivity contribution in [2.24, 2.45) is 0 Å². The van der Waals surface area contributed by atoms with E-state index < -0.39 is 22.0 Å². The van der Waals surface area contributed by atoms with Gasteiger partial charge < -0.3 is 15.4 Å². The van der Waals surface area contributed by atoms with Gasteiger partial charge in [0.25, 0.3) is 5.91 Å². The number of rotatable bonds is 8. The van der Waals surface area contributed by atoms with E-state index in [-0.39, 0.29) is 42.1 Å². The zero-order chi connectivity index (χ0) is 24.3. The fraction of sp³-hybridized carbons (Fsp3) is 0.440. The quantitative estimate of drug-likeness (QED) is 0.596. The molecule has 1 aliphatic heterocycles. The van der Waals surface area contributed by atoms with E-state index >= 15 is 0 Å². The molecule has 9 heteroatoms. The number of ether oxygens (including phenoxy) is 1. The zero-order valence-corrected chi connectivity index (χ0v) is 20.3. The monoisotopic (exact) mass is 485 g/mol. The van der Waals surface area contributed by atoms with Crippen LogP contribution in [0.15, 0.2) is 59.5 Å². The van der Waals surface area contributed by atoms with Crippen molar-refractivity contribution in [3.05, 3.63) is 65.7 Å². The lowest BCUT2D eigenvalue weighted by atomic mass is 10.0. The van der Waals surface area contributed by atoms with Gasteiger partial charge in [-0.1, -0.05) is 30.3 Å². The first-order valence-electron chi connectivity index (χ1n) is 11.6. The number of morpholine rings is 1. The van der Waals surface area contributed by atoms with E-state index in [9.17, 15) is 18.0 Å².